The molecule has 1 unspecified atom stereocenters. The molecule has 0 spiro atoms. The second-order valence-corrected chi connectivity index (χ2v) is 4.18. The zero-order chi connectivity index (χ0) is 11.4. The molecule has 0 fully saturated rings. The number of hydrogen-bond acceptors (Lipinski definition) is 3. The number of phenolic OH excluding ortho intramolecular Hbond substituents is 1. The second-order valence-electron chi connectivity index (χ2n) is 3.32. The quantitative estimate of drug-likeness (QED) is 0.858. The van der Waals surface area contributed by atoms with E-state index in [1.54, 1.807) is 12.1 Å². The van der Waals surface area contributed by atoms with Gasteiger partial charge in [0.05, 0.1) is 11.6 Å². The molecule has 15 heavy (non-hydrogen) atoms. The number of benzene rings is 1. The summed E-state index contributed by atoms with van der Waals surface area (Å²) in [7, 11) is 1.49. The Balaban J connectivity index is 3.14. The Morgan fingerprint density at radius 3 is 2.80 bits per heavy atom. The first-order valence-electron chi connectivity index (χ1n) is 4.60. The van der Waals surface area contributed by atoms with E-state index in [9.17, 15) is 9.90 Å². The van der Waals surface area contributed by atoms with Gasteiger partial charge >= 0.3 is 0 Å². The molecule has 0 aliphatic rings. The van der Waals surface area contributed by atoms with Crippen LogP contribution in [-0.2, 0) is 4.79 Å². The maximum atomic E-state index is 10.4. The molecule has 0 aliphatic carbocycles. The third kappa shape index (κ3) is 2.50. The zero-order valence-electron chi connectivity index (χ0n) is 8.66. The fourth-order valence-electron chi connectivity index (χ4n) is 1.42. The molecule has 0 bridgehead atoms. The third-order valence-corrected chi connectivity index (χ3v) is 2.92. The Morgan fingerprint density at radius 2 is 2.27 bits per heavy atom. The third-order valence-electron chi connectivity index (χ3n) is 2.30. The molecule has 1 aromatic rings. The standard InChI is InChI=1S/C11H13BrO3/c1-7(5-6-13)8-3-4-9(12)11(15-2)10(8)14/h3-4,6-7,14H,5H2,1-2H3. The van der Waals surface area contributed by atoms with Gasteiger partial charge in [0.2, 0.25) is 0 Å². The van der Waals surface area contributed by atoms with E-state index in [2.05, 4.69) is 15.9 Å². The summed E-state index contributed by atoms with van der Waals surface area (Å²) >= 11 is 3.27. The van der Waals surface area contributed by atoms with Gasteiger partial charge in [0.15, 0.2) is 11.5 Å². The van der Waals surface area contributed by atoms with Gasteiger partial charge in [-0.2, -0.15) is 0 Å². The summed E-state index contributed by atoms with van der Waals surface area (Å²) in [4.78, 5) is 10.4. The van der Waals surface area contributed by atoms with Crippen LogP contribution in [0.25, 0.3) is 0 Å². The molecule has 0 aliphatic heterocycles. The Kier molecular flexibility index (Phi) is 4.15. The lowest BCUT2D eigenvalue weighted by atomic mass is 9.97. The normalized spacial score (nSPS) is 12.2. The Morgan fingerprint density at radius 1 is 1.60 bits per heavy atom. The van der Waals surface area contributed by atoms with Crippen molar-refractivity contribution in [2.45, 2.75) is 19.3 Å². The van der Waals surface area contributed by atoms with Gasteiger partial charge in [-0.3, -0.25) is 0 Å². The summed E-state index contributed by atoms with van der Waals surface area (Å²) in [6.45, 7) is 1.89. The van der Waals surface area contributed by atoms with E-state index in [1.165, 1.54) is 7.11 Å². The Hall–Kier alpha value is -1.03. The summed E-state index contributed by atoms with van der Waals surface area (Å²) < 4.78 is 5.76. The topological polar surface area (TPSA) is 46.5 Å². The highest BCUT2D eigenvalue weighted by Crippen LogP contribution is 2.40. The van der Waals surface area contributed by atoms with Gasteiger partial charge in [-0.15, -0.1) is 0 Å². The first-order chi connectivity index (χ1) is 7.11. The van der Waals surface area contributed by atoms with Crippen LogP contribution in [0.3, 0.4) is 0 Å². The largest absolute Gasteiger partial charge is 0.504 e. The van der Waals surface area contributed by atoms with Crippen LogP contribution >= 0.6 is 15.9 Å². The molecular weight excluding hydrogens is 260 g/mol. The lowest BCUT2D eigenvalue weighted by molar-refractivity contribution is -0.108. The van der Waals surface area contributed by atoms with Crippen molar-refractivity contribution in [3.05, 3.63) is 22.2 Å². The summed E-state index contributed by atoms with van der Waals surface area (Å²) in [5, 5.41) is 9.90. The monoisotopic (exact) mass is 272 g/mol. The highest BCUT2D eigenvalue weighted by molar-refractivity contribution is 9.10. The SMILES string of the molecule is COc1c(Br)ccc(C(C)CC=O)c1O. The molecule has 1 rings (SSSR count). The van der Waals surface area contributed by atoms with Gasteiger partial charge in [0, 0.05) is 12.0 Å². The van der Waals surface area contributed by atoms with E-state index in [0.29, 0.717) is 16.6 Å². The van der Waals surface area contributed by atoms with Gasteiger partial charge in [-0.05, 0) is 27.9 Å². The van der Waals surface area contributed by atoms with Gasteiger partial charge in [0.1, 0.15) is 6.29 Å². The highest BCUT2D eigenvalue weighted by Gasteiger charge is 2.16. The molecule has 0 saturated heterocycles. The van der Waals surface area contributed by atoms with Crippen molar-refractivity contribution in [1.29, 1.82) is 0 Å². The number of halogens is 1. The number of methoxy groups -OCH3 is 1. The minimum atomic E-state index is -0.00972. The lowest BCUT2D eigenvalue weighted by Crippen LogP contribution is -1.97. The van der Waals surface area contributed by atoms with Crippen LogP contribution in [0.1, 0.15) is 24.8 Å². The molecular formula is C11H13BrO3. The number of rotatable bonds is 4. The minimum absolute atomic E-state index is 0.00972. The van der Waals surface area contributed by atoms with Crippen LogP contribution < -0.4 is 4.74 Å². The minimum Gasteiger partial charge on any atom is -0.504 e. The van der Waals surface area contributed by atoms with Crippen molar-refractivity contribution >= 4 is 22.2 Å². The van der Waals surface area contributed by atoms with E-state index in [4.69, 9.17) is 4.74 Å². The number of phenols is 1. The van der Waals surface area contributed by atoms with Gasteiger partial charge in [0.25, 0.3) is 0 Å². The Bertz CT molecular complexity index is 363. The number of aromatic hydroxyl groups is 1. The van der Waals surface area contributed by atoms with Crippen LogP contribution in [0.15, 0.2) is 16.6 Å². The van der Waals surface area contributed by atoms with Crippen molar-refractivity contribution < 1.29 is 14.6 Å². The zero-order valence-corrected chi connectivity index (χ0v) is 10.2. The molecule has 0 radical (unpaired) electrons. The molecule has 3 nitrogen and oxygen atoms in total. The number of hydrogen-bond donors (Lipinski definition) is 1. The average Bonchev–Trinajstić information content (AvgIpc) is 2.18. The maximum absolute atomic E-state index is 10.4. The lowest BCUT2D eigenvalue weighted by Gasteiger charge is -2.14. The summed E-state index contributed by atoms with van der Waals surface area (Å²) in [5.41, 5.74) is 0.724. The fourth-order valence-corrected chi connectivity index (χ4v) is 1.91. The first-order valence-corrected chi connectivity index (χ1v) is 5.40. The molecule has 1 aromatic carbocycles. The predicted octanol–water partition coefficient (Wildman–Crippen LogP) is 2.86. The van der Waals surface area contributed by atoms with E-state index >= 15 is 0 Å². The molecule has 0 heterocycles. The van der Waals surface area contributed by atoms with Crippen molar-refractivity contribution in [1.82, 2.24) is 0 Å². The Labute approximate surface area is 97.2 Å². The van der Waals surface area contributed by atoms with Gasteiger partial charge in [-0.25, -0.2) is 0 Å². The van der Waals surface area contributed by atoms with Crippen LogP contribution in [0.4, 0.5) is 0 Å². The molecule has 0 saturated carbocycles. The first kappa shape index (κ1) is 12.0. The molecule has 0 aromatic heterocycles. The van der Waals surface area contributed by atoms with E-state index in [1.807, 2.05) is 6.92 Å². The van der Waals surface area contributed by atoms with Crippen molar-refractivity contribution in [2.75, 3.05) is 7.11 Å². The highest BCUT2D eigenvalue weighted by atomic mass is 79.9. The van der Waals surface area contributed by atoms with E-state index < -0.39 is 0 Å². The molecule has 0 amide bonds. The van der Waals surface area contributed by atoms with Crippen molar-refractivity contribution in [3.63, 3.8) is 0 Å². The van der Waals surface area contributed by atoms with Crippen molar-refractivity contribution in [2.24, 2.45) is 0 Å². The molecule has 1 atom stereocenters. The number of carbonyl (C=O) groups excluding carboxylic acids is 1. The number of ether oxygens (including phenoxy) is 1. The molecule has 1 N–H and O–H groups in total. The van der Waals surface area contributed by atoms with Crippen LogP contribution in [0.2, 0.25) is 0 Å². The number of aldehydes is 1. The summed E-state index contributed by atoms with van der Waals surface area (Å²) in [6, 6.07) is 3.59. The predicted molar refractivity (Wildman–Crippen MR) is 61.5 cm³/mol. The smallest absolute Gasteiger partial charge is 0.174 e. The summed E-state index contributed by atoms with van der Waals surface area (Å²) in [5.74, 6) is 0.496. The maximum Gasteiger partial charge on any atom is 0.174 e. The van der Waals surface area contributed by atoms with E-state index in [-0.39, 0.29) is 11.7 Å². The van der Waals surface area contributed by atoms with Crippen molar-refractivity contribution in [3.8, 4) is 11.5 Å². The van der Waals surface area contributed by atoms with E-state index in [0.717, 1.165) is 11.8 Å². The average molecular weight is 273 g/mol. The van der Waals surface area contributed by atoms with Crippen LogP contribution in [0.5, 0.6) is 11.5 Å². The second kappa shape index (κ2) is 5.16. The van der Waals surface area contributed by atoms with Crippen LogP contribution in [0, 0.1) is 0 Å². The fraction of sp³-hybridized carbons (Fsp3) is 0.364. The van der Waals surface area contributed by atoms with Gasteiger partial charge in [-0.1, -0.05) is 13.0 Å². The van der Waals surface area contributed by atoms with Gasteiger partial charge < -0.3 is 14.6 Å². The summed E-state index contributed by atoms with van der Waals surface area (Å²) in [6.07, 6.45) is 1.23. The molecule has 4 heteroatoms. The van der Waals surface area contributed by atoms with Crippen LogP contribution in [-0.4, -0.2) is 18.5 Å². The number of carbonyl (C=O) groups is 1. The molecule has 82 valence electrons.